The molecule has 0 aliphatic heterocycles. The molecule has 2 aliphatic rings. The minimum absolute atomic E-state index is 1.20. The van der Waals surface area contributed by atoms with E-state index < -0.39 is 0 Å². The molecule has 0 aromatic heterocycles. The van der Waals surface area contributed by atoms with Crippen molar-refractivity contribution in [3.63, 3.8) is 0 Å². The Labute approximate surface area is 101 Å². The summed E-state index contributed by atoms with van der Waals surface area (Å²) >= 11 is 0. The van der Waals surface area contributed by atoms with E-state index in [0.717, 1.165) is 0 Å². The van der Waals surface area contributed by atoms with Gasteiger partial charge < -0.3 is 0 Å². The van der Waals surface area contributed by atoms with Crippen molar-refractivity contribution in [2.24, 2.45) is 0 Å². The third-order valence-corrected chi connectivity index (χ3v) is 3.38. The first-order chi connectivity index (χ1) is 7.70. The second-order valence-corrected chi connectivity index (χ2v) is 5.11. The van der Waals surface area contributed by atoms with Crippen LogP contribution in [-0.2, 0) is 0 Å². The molecule has 0 heterocycles. The molecule has 0 saturated carbocycles. The van der Waals surface area contributed by atoms with Crippen LogP contribution in [0, 0.1) is 0 Å². The van der Waals surface area contributed by atoms with E-state index in [1.165, 1.54) is 50.5 Å². The summed E-state index contributed by atoms with van der Waals surface area (Å²) < 4.78 is 0. The van der Waals surface area contributed by atoms with Crippen molar-refractivity contribution in [3.8, 4) is 0 Å². The van der Waals surface area contributed by atoms with Gasteiger partial charge in [0.05, 0.1) is 0 Å². The van der Waals surface area contributed by atoms with E-state index in [2.05, 4.69) is 39.0 Å². The maximum atomic E-state index is 2.35. The van der Waals surface area contributed by atoms with Crippen LogP contribution in [0.15, 0.2) is 34.9 Å². The molecule has 2 rings (SSSR count). The molecule has 0 saturated heterocycles. The third-order valence-electron chi connectivity index (χ3n) is 3.38. The molecule has 0 aromatic carbocycles. The fraction of sp³-hybridized carbons (Fsp3) is 0.625. The Morgan fingerprint density at radius 2 is 1.62 bits per heavy atom. The molecule has 0 nitrogen and oxygen atoms in total. The Bertz CT molecular complexity index is 277. The predicted molar refractivity (Wildman–Crippen MR) is 73.6 cm³/mol. The lowest BCUT2D eigenvalue weighted by Gasteiger charge is -2.13. The van der Waals surface area contributed by atoms with Crippen LogP contribution in [0.1, 0.15) is 65.7 Å². The molecule has 0 fully saturated rings. The Kier molecular flexibility index (Phi) is 6.22. The van der Waals surface area contributed by atoms with Crippen LogP contribution >= 0.6 is 0 Å². The highest BCUT2D eigenvalue weighted by Gasteiger charge is 2.04. The average Bonchev–Trinajstić information content (AvgIpc) is 2.32. The quantitative estimate of drug-likeness (QED) is 0.466. The third kappa shape index (κ3) is 5.34. The largest absolute Gasteiger partial charge is 0.0885 e. The minimum Gasteiger partial charge on any atom is -0.0885 e. The normalized spacial score (nSPS) is 19.7. The molecule has 0 spiro atoms. The molecule has 16 heavy (non-hydrogen) atoms. The highest BCUT2D eigenvalue weighted by molar-refractivity contribution is 5.21. The fourth-order valence-electron chi connectivity index (χ4n) is 2.06. The maximum absolute atomic E-state index is 2.35. The van der Waals surface area contributed by atoms with Crippen molar-refractivity contribution in [2.45, 2.75) is 65.7 Å². The van der Waals surface area contributed by atoms with E-state index in [0.29, 0.717) is 0 Å². The van der Waals surface area contributed by atoms with Gasteiger partial charge in [-0.2, -0.15) is 0 Å². The van der Waals surface area contributed by atoms with Gasteiger partial charge in [0.1, 0.15) is 0 Å². The van der Waals surface area contributed by atoms with Crippen LogP contribution in [0.25, 0.3) is 0 Å². The smallest absolute Gasteiger partial charge is 0.0134 e. The summed E-state index contributed by atoms with van der Waals surface area (Å²) in [6.07, 6.45) is 16.1. The summed E-state index contributed by atoms with van der Waals surface area (Å²) in [5.41, 5.74) is 4.72. The molecule has 0 atom stereocenters. The molecule has 2 aliphatic carbocycles. The maximum Gasteiger partial charge on any atom is -0.0134 e. The molecular weight excluding hydrogens is 192 g/mol. The van der Waals surface area contributed by atoms with Crippen molar-refractivity contribution >= 4 is 0 Å². The summed E-state index contributed by atoms with van der Waals surface area (Å²) in [6, 6.07) is 0. The summed E-state index contributed by atoms with van der Waals surface area (Å²) in [7, 11) is 0. The van der Waals surface area contributed by atoms with Gasteiger partial charge in [0, 0.05) is 0 Å². The second-order valence-electron chi connectivity index (χ2n) is 5.11. The molecule has 0 aromatic rings. The SMILES string of the molecule is C1=CCCCC1.CC1=CCC(=C(C)C)CC1. The van der Waals surface area contributed by atoms with E-state index in [1.807, 2.05) is 0 Å². The topological polar surface area (TPSA) is 0 Å². The van der Waals surface area contributed by atoms with Gasteiger partial charge in [-0.15, -0.1) is 0 Å². The van der Waals surface area contributed by atoms with Crippen molar-refractivity contribution < 1.29 is 0 Å². The fourth-order valence-corrected chi connectivity index (χ4v) is 2.06. The van der Waals surface area contributed by atoms with Gasteiger partial charge in [-0.05, 0) is 65.7 Å². The summed E-state index contributed by atoms with van der Waals surface area (Å²) in [5.74, 6) is 0. The highest BCUT2D eigenvalue weighted by atomic mass is 14.1. The van der Waals surface area contributed by atoms with Crippen LogP contribution in [0.4, 0.5) is 0 Å². The van der Waals surface area contributed by atoms with Crippen LogP contribution in [0.3, 0.4) is 0 Å². The first-order valence-electron chi connectivity index (χ1n) is 6.66. The first kappa shape index (κ1) is 13.3. The van der Waals surface area contributed by atoms with Gasteiger partial charge in [-0.3, -0.25) is 0 Å². The lowest BCUT2D eigenvalue weighted by atomic mass is 9.93. The number of allylic oxidation sites excluding steroid dienone is 6. The van der Waals surface area contributed by atoms with E-state index in [1.54, 1.807) is 11.1 Å². The van der Waals surface area contributed by atoms with E-state index in [-0.39, 0.29) is 0 Å². The van der Waals surface area contributed by atoms with Crippen molar-refractivity contribution in [2.75, 3.05) is 0 Å². The number of hydrogen-bond donors (Lipinski definition) is 0. The molecule has 0 heteroatoms. The molecular formula is C16H26. The Balaban J connectivity index is 0.000000181. The van der Waals surface area contributed by atoms with Gasteiger partial charge >= 0.3 is 0 Å². The lowest BCUT2D eigenvalue weighted by molar-refractivity contribution is 0.730. The Morgan fingerprint density at radius 1 is 1.00 bits per heavy atom. The second kappa shape index (κ2) is 7.49. The molecule has 0 unspecified atom stereocenters. The van der Waals surface area contributed by atoms with Gasteiger partial charge in [0.25, 0.3) is 0 Å². The Morgan fingerprint density at radius 3 is 1.94 bits per heavy atom. The first-order valence-corrected chi connectivity index (χ1v) is 6.66. The average molecular weight is 218 g/mol. The zero-order valence-corrected chi connectivity index (χ0v) is 11.2. The molecule has 0 amide bonds. The van der Waals surface area contributed by atoms with E-state index >= 15 is 0 Å². The van der Waals surface area contributed by atoms with Crippen molar-refractivity contribution in [1.82, 2.24) is 0 Å². The standard InChI is InChI=1S/C10H16.C6H10/c1-8(2)10-6-4-9(3)5-7-10;1-2-4-6-5-3-1/h4H,5-7H2,1-3H3;1-2H,3-6H2. The monoisotopic (exact) mass is 218 g/mol. The number of hydrogen-bond acceptors (Lipinski definition) is 0. The molecule has 0 N–H and O–H groups in total. The van der Waals surface area contributed by atoms with Crippen LogP contribution in [0.2, 0.25) is 0 Å². The van der Waals surface area contributed by atoms with Crippen molar-refractivity contribution in [3.05, 3.63) is 34.9 Å². The minimum atomic E-state index is 1.20. The van der Waals surface area contributed by atoms with Gasteiger partial charge in [0.15, 0.2) is 0 Å². The highest BCUT2D eigenvalue weighted by Crippen LogP contribution is 2.24. The van der Waals surface area contributed by atoms with Crippen LogP contribution in [0.5, 0.6) is 0 Å². The molecule has 0 bridgehead atoms. The van der Waals surface area contributed by atoms with Crippen LogP contribution in [-0.4, -0.2) is 0 Å². The predicted octanol–water partition coefficient (Wildman–Crippen LogP) is 5.57. The van der Waals surface area contributed by atoms with Crippen LogP contribution < -0.4 is 0 Å². The molecule has 0 radical (unpaired) electrons. The van der Waals surface area contributed by atoms with E-state index in [4.69, 9.17) is 0 Å². The van der Waals surface area contributed by atoms with Gasteiger partial charge in [0.2, 0.25) is 0 Å². The molecule has 90 valence electrons. The zero-order chi connectivity index (χ0) is 11.8. The Hall–Kier alpha value is -0.780. The van der Waals surface area contributed by atoms with Gasteiger partial charge in [-0.25, -0.2) is 0 Å². The summed E-state index contributed by atoms with van der Waals surface area (Å²) in [6.45, 7) is 6.65. The number of rotatable bonds is 0. The van der Waals surface area contributed by atoms with Gasteiger partial charge in [-0.1, -0.05) is 34.9 Å². The summed E-state index contributed by atoms with van der Waals surface area (Å²) in [5, 5.41) is 0. The summed E-state index contributed by atoms with van der Waals surface area (Å²) in [4.78, 5) is 0. The van der Waals surface area contributed by atoms with Crippen molar-refractivity contribution in [1.29, 1.82) is 0 Å². The van der Waals surface area contributed by atoms with E-state index in [9.17, 15) is 0 Å². The zero-order valence-electron chi connectivity index (χ0n) is 11.2. The lowest BCUT2D eigenvalue weighted by Crippen LogP contribution is -1.93.